The van der Waals surface area contributed by atoms with Crippen LogP contribution in [0.1, 0.15) is 21.7 Å². The molecule has 2 aromatic rings. The first-order chi connectivity index (χ1) is 9.00. The highest BCUT2D eigenvalue weighted by atomic mass is 16.2. The summed E-state index contributed by atoms with van der Waals surface area (Å²) in [6.45, 7) is 3.61. The summed E-state index contributed by atoms with van der Waals surface area (Å²) in [6.07, 6.45) is 0. The van der Waals surface area contributed by atoms with Gasteiger partial charge in [0.1, 0.15) is 5.56 Å². The zero-order valence-corrected chi connectivity index (χ0v) is 11.2. The summed E-state index contributed by atoms with van der Waals surface area (Å²) in [7, 11) is 1.84. The van der Waals surface area contributed by atoms with Crippen molar-refractivity contribution >= 4 is 11.6 Å². The number of amides is 1. The lowest BCUT2D eigenvalue weighted by Crippen LogP contribution is -2.26. The summed E-state index contributed by atoms with van der Waals surface area (Å²) in [6, 6.07) is 10.6. The number of anilines is 1. The largest absolute Gasteiger partial charge is 0.351 e. The van der Waals surface area contributed by atoms with Crippen LogP contribution < -0.4 is 10.7 Å². The molecule has 0 saturated heterocycles. The van der Waals surface area contributed by atoms with Crippen LogP contribution in [0.3, 0.4) is 0 Å². The first-order valence-corrected chi connectivity index (χ1v) is 6.04. The monoisotopic (exact) mass is 256 g/mol. The van der Waals surface area contributed by atoms with E-state index in [1.165, 1.54) is 6.07 Å². The molecular weight excluding hydrogens is 240 g/mol. The number of benzene rings is 1. The molecule has 4 nitrogen and oxygen atoms in total. The van der Waals surface area contributed by atoms with Gasteiger partial charge >= 0.3 is 0 Å². The lowest BCUT2D eigenvalue weighted by atomic mass is 10.1. The van der Waals surface area contributed by atoms with Gasteiger partial charge in [-0.15, -0.1) is 0 Å². The van der Waals surface area contributed by atoms with Crippen LogP contribution >= 0.6 is 0 Å². The van der Waals surface area contributed by atoms with Crippen molar-refractivity contribution < 1.29 is 4.79 Å². The van der Waals surface area contributed by atoms with Crippen molar-refractivity contribution in [3.63, 3.8) is 0 Å². The lowest BCUT2D eigenvalue weighted by molar-refractivity contribution is 0.102. The Kier molecular flexibility index (Phi) is 3.51. The molecular formula is C15H16N2O2. The molecule has 1 heterocycles. The molecule has 0 atom stereocenters. The number of nitrogens with zero attached hydrogens (tertiary/aromatic N) is 1. The maximum atomic E-state index is 12.2. The number of aromatic nitrogens is 1. The van der Waals surface area contributed by atoms with E-state index in [4.69, 9.17) is 0 Å². The molecule has 0 saturated carbocycles. The van der Waals surface area contributed by atoms with E-state index < -0.39 is 0 Å². The average Bonchev–Trinajstić information content (AvgIpc) is 2.37. The van der Waals surface area contributed by atoms with Crippen LogP contribution in [0.4, 0.5) is 5.69 Å². The topological polar surface area (TPSA) is 51.1 Å². The predicted molar refractivity (Wildman–Crippen MR) is 75.6 cm³/mol. The molecule has 0 aliphatic heterocycles. The van der Waals surface area contributed by atoms with Crippen molar-refractivity contribution in [3.05, 3.63) is 63.6 Å². The third-order valence-electron chi connectivity index (χ3n) is 3.24. The number of hydrogen-bond acceptors (Lipinski definition) is 2. The van der Waals surface area contributed by atoms with Gasteiger partial charge in [0.2, 0.25) is 0 Å². The first-order valence-electron chi connectivity index (χ1n) is 6.04. The second-order valence-electron chi connectivity index (χ2n) is 4.49. The molecule has 2 rings (SSSR count). The smallest absolute Gasteiger partial charge is 0.261 e. The van der Waals surface area contributed by atoms with Crippen molar-refractivity contribution in [2.75, 3.05) is 5.32 Å². The second-order valence-corrected chi connectivity index (χ2v) is 4.49. The normalized spacial score (nSPS) is 10.3. The van der Waals surface area contributed by atoms with Crippen LogP contribution in [-0.2, 0) is 7.05 Å². The van der Waals surface area contributed by atoms with Crippen LogP contribution in [0.2, 0.25) is 0 Å². The third kappa shape index (κ3) is 2.57. The minimum Gasteiger partial charge on any atom is -0.351 e. The predicted octanol–water partition coefficient (Wildman–Crippen LogP) is 2.25. The zero-order valence-electron chi connectivity index (χ0n) is 11.2. The van der Waals surface area contributed by atoms with Gasteiger partial charge in [0.15, 0.2) is 5.43 Å². The fourth-order valence-corrected chi connectivity index (χ4v) is 1.96. The van der Waals surface area contributed by atoms with Gasteiger partial charge in [-0.2, -0.15) is 0 Å². The van der Waals surface area contributed by atoms with Crippen LogP contribution in [0.15, 0.2) is 41.2 Å². The van der Waals surface area contributed by atoms with Crippen molar-refractivity contribution in [2.24, 2.45) is 7.05 Å². The summed E-state index contributed by atoms with van der Waals surface area (Å²) in [5.41, 5.74) is 2.12. The van der Waals surface area contributed by atoms with Gasteiger partial charge in [-0.3, -0.25) is 9.59 Å². The number of hydrogen-bond donors (Lipinski definition) is 1. The number of para-hydroxylation sites is 1. The Labute approximate surface area is 111 Å². The minimum atomic E-state index is -0.371. The van der Waals surface area contributed by atoms with E-state index in [0.29, 0.717) is 11.4 Å². The Morgan fingerprint density at radius 2 is 1.79 bits per heavy atom. The van der Waals surface area contributed by atoms with Gasteiger partial charge in [-0.05, 0) is 26.0 Å². The number of aryl methyl sites for hydroxylation is 1. The highest BCUT2D eigenvalue weighted by molar-refractivity contribution is 6.04. The molecule has 1 N–H and O–H groups in total. The maximum Gasteiger partial charge on any atom is 0.261 e. The average molecular weight is 256 g/mol. The molecule has 4 heteroatoms. The van der Waals surface area contributed by atoms with Crippen molar-refractivity contribution in [1.82, 2.24) is 4.57 Å². The minimum absolute atomic E-state index is 0.192. The van der Waals surface area contributed by atoms with Crippen LogP contribution in [0.5, 0.6) is 0 Å². The SMILES string of the molecule is Cc1cc(=O)c(C(=O)Nc2ccccc2)c(C)n1C. The molecule has 0 aliphatic rings. The highest BCUT2D eigenvalue weighted by Gasteiger charge is 2.16. The van der Waals surface area contributed by atoms with Gasteiger partial charge in [-0.25, -0.2) is 0 Å². The number of rotatable bonds is 2. The quantitative estimate of drug-likeness (QED) is 0.896. The number of nitrogens with one attached hydrogen (secondary N) is 1. The van der Waals surface area contributed by atoms with E-state index in [0.717, 1.165) is 5.69 Å². The Balaban J connectivity index is 2.40. The summed E-state index contributed by atoms with van der Waals surface area (Å²) >= 11 is 0. The lowest BCUT2D eigenvalue weighted by Gasteiger charge is -2.13. The van der Waals surface area contributed by atoms with Gasteiger partial charge < -0.3 is 9.88 Å². The number of carbonyl (C=O) groups is 1. The summed E-state index contributed by atoms with van der Waals surface area (Å²) in [5.74, 6) is -0.371. The highest BCUT2D eigenvalue weighted by Crippen LogP contribution is 2.10. The Morgan fingerprint density at radius 1 is 1.16 bits per heavy atom. The molecule has 1 amide bonds. The Bertz CT molecular complexity index is 673. The van der Waals surface area contributed by atoms with E-state index in [2.05, 4.69) is 5.32 Å². The molecule has 0 radical (unpaired) electrons. The molecule has 1 aromatic carbocycles. The first kappa shape index (κ1) is 13.1. The zero-order chi connectivity index (χ0) is 14.0. The standard InChI is InChI=1S/C15H16N2O2/c1-10-9-13(18)14(11(2)17(10)3)15(19)16-12-7-5-4-6-8-12/h4-9H,1-3H3,(H,16,19). The van der Waals surface area contributed by atoms with Crippen molar-refractivity contribution in [3.8, 4) is 0 Å². The number of pyridine rings is 1. The second kappa shape index (κ2) is 5.10. The van der Waals surface area contributed by atoms with E-state index in [9.17, 15) is 9.59 Å². The van der Waals surface area contributed by atoms with E-state index in [1.54, 1.807) is 19.1 Å². The van der Waals surface area contributed by atoms with Crippen molar-refractivity contribution in [1.29, 1.82) is 0 Å². The fourth-order valence-electron chi connectivity index (χ4n) is 1.96. The van der Waals surface area contributed by atoms with Gasteiger partial charge in [-0.1, -0.05) is 18.2 Å². The summed E-state index contributed by atoms with van der Waals surface area (Å²) < 4.78 is 1.83. The molecule has 19 heavy (non-hydrogen) atoms. The third-order valence-corrected chi connectivity index (χ3v) is 3.24. The van der Waals surface area contributed by atoms with Gasteiger partial charge in [0.25, 0.3) is 5.91 Å². The molecule has 0 spiro atoms. The Hall–Kier alpha value is -2.36. The molecule has 98 valence electrons. The van der Waals surface area contributed by atoms with E-state index >= 15 is 0 Å². The van der Waals surface area contributed by atoms with Crippen molar-refractivity contribution in [2.45, 2.75) is 13.8 Å². The van der Waals surface area contributed by atoms with Gasteiger partial charge in [0, 0.05) is 30.2 Å². The molecule has 0 fully saturated rings. The molecule has 0 unspecified atom stereocenters. The Morgan fingerprint density at radius 3 is 2.42 bits per heavy atom. The van der Waals surface area contributed by atoms with Gasteiger partial charge in [0.05, 0.1) is 0 Å². The fraction of sp³-hybridized carbons (Fsp3) is 0.200. The van der Waals surface area contributed by atoms with E-state index in [-0.39, 0.29) is 16.9 Å². The summed E-state index contributed by atoms with van der Waals surface area (Å²) in [5, 5.41) is 2.73. The van der Waals surface area contributed by atoms with Crippen LogP contribution in [0, 0.1) is 13.8 Å². The van der Waals surface area contributed by atoms with E-state index in [1.807, 2.05) is 36.7 Å². The van der Waals surface area contributed by atoms with Crippen LogP contribution in [0.25, 0.3) is 0 Å². The molecule has 0 aliphatic carbocycles. The molecule has 0 bridgehead atoms. The summed E-state index contributed by atoms with van der Waals surface area (Å²) in [4.78, 5) is 24.2. The van der Waals surface area contributed by atoms with Crippen LogP contribution in [-0.4, -0.2) is 10.5 Å². The maximum absolute atomic E-state index is 12.2. The molecule has 1 aromatic heterocycles. The number of carbonyl (C=O) groups excluding carboxylic acids is 1.